The van der Waals surface area contributed by atoms with Gasteiger partial charge in [-0.2, -0.15) is 5.10 Å². The van der Waals surface area contributed by atoms with Crippen LogP contribution < -0.4 is 17.0 Å². The van der Waals surface area contributed by atoms with Gasteiger partial charge in [-0.3, -0.25) is 9.59 Å². The van der Waals surface area contributed by atoms with Crippen LogP contribution in [0, 0.1) is 5.82 Å². The van der Waals surface area contributed by atoms with Gasteiger partial charge in [-0.1, -0.05) is 0 Å². The van der Waals surface area contributed by atoms with Crippen molar-refractivity contribution in [3.63, 3.8) is 0 Å². The van der Waals surface area contributed by atoms with Gasteiger partial charge in [-0.05, 0) is 31.2 Å². The zero-order valence-electron chi connectivity index (χ0n) is 10.8. The van der Waals surface area contributed by atoms with Crippen LogP contribution in [-0.2, 0) is 6.54 Å². The maximum atomic E-state index is 13.0. The smallest absolute Gasteiger partial charge is 0.290 e. The van der Waals surface area contributed by atoms with E-state index in [1.165, 1.54) is 24.3 Å². The van der Waals surface area contributed by atoms with Crippen LogP contribution in [0.15, 0.2) is 29.1 Å². The van der Waals surface area contributed by atoms with Crippen molar-refractivity contribution in [2.45, 2.75) is 13.5 Å². The number of halogens is 1. The van der Waals surface area contributed by atoms with Gasteiger partial charge in [0, 0.05) is 12.1 Å². The van der Waals surface area contributed by atoms with Crippen molar-refractivity contribution in [2.24, 2.45) is 5.73 Å². The average molecular weight is 276 g/mol. The highest BCUT2D eigenvalue weighted by Crippen LogP contribution is 2.23. The van der Waals surface area contributed by atoms with Crippen LogP contribution in [0.3, 0.4) is 0 Å². The maximum absolute atomic E-state index is 13.0. The van der Waals surface area contributed by atoms with Crippen molar-refractivity contribution in [1.29, 1.82) is 0 Å². The highest BCUT2D eigenvalue weighted by Gasteiger charge is 2.20. The molecular weight excluding hydrogens is 263 g/mol. The molecule has 1 amide bonds. The summed E-state index contributed by atoms with van der Waals surface area (Å²) in [6, 6.07) is 5.32. The Morgan fingerprint density at radius 2 is 1.95 bits per heavy atom. The molecule has 0 saturated heterocycles. The molecule has 0 spiro atoms. The number of aromatic nitrogens is 2. The summed E-state index contributed by atoms with van der Waals surface area (Å²) in [7, 11) is 0. The minimum atomic E-state index is -0.852. The van der Waals surface area contributed by atoms with Crippen LogP contribution >= 0.6 is 0 Å². The number of primary amides is 1. The molecule has 0 radical (unpaired) electrons. The molecule has 20 heavy (non-hydrogen) atoms. The largest absolute Gasteiger partial charge is 0.393 e. The topological polar surface area (TPSA) is 104 Å². The summed E-state index contributed by atoms with van der Waals surface area (Å²) in [5.41, 5.74) is 10.6. The van der Waals surface area contributed by atoms with Crippen molar-refractivity contribution in [2.75, 3.05) is 5.73 Å². The molecule has 2 rings (SSSR count). The quantitative estimate of drug-likeness (QED) is 0.863. The number of rotatable bonds is 3. The Bertz CT molecular complexity index is 722. The molecule has 4 N–H and O–H groups in total. The average Bonchev–Trinajstić information content (AvgIpc) is 2.42. The Morgan fingerprint density at radius 3 is 2.45 bits per heavy atom. The highest BCUT2D eigenvalue weighted by atomic mass is 19.1. The lowest BCUT2D eigenvalue weighted by atomic mass is 10.0. The number of hydrogen-bond donors (Lipinski definition) is 2. The first-order chi connectivity index (χ1) is 9.45. The van der Waals surface area contributed by atoms with Gasteiger partial charge in [0.2, 0.25) is 0 Å². The fourth-order valence-electron chi connectivity index (χ4n) is 1.86. The molecule has 0 bridgehead atoms. The van der Waals surface area contributed by atoms with E-state index in [2.05, 4.69) is 5.10 Å². The predicted molar refractivity (Wildman–Crippen MR) is 72.5 cm³/mol. The standard InChI is InChI=1S/C13H13FN4O2/c1-2-18-13(20)10(15)9(12(16)19)11(17-18)7-3-5-8(14)6-4-7/h3-6H,2,15H2,1H3,(H2,16,19). The monoisotopic (exact) mass is 276 g/mol. The molecule has 1 heterocycles. The van der Waals surface area contributed by atoms with Crippen LogP contribution in [0.4, 0.5) is 10.1 Å². The van der Waals surface area contributed by atoms with Crippen LogP contribution in [0.25, 0.3) is 11.3 Å². The van der Waals surface area contributed by atoms with Gasteiger partial charge in [0.1, 0.15) is 17.2 Å². The van der Waals surface area contributed by atoms with Crippen LogP contribution in [-0.4, -0.2) is 15.7 Å². The van der Waals surface area contributed by atoms with E-state index in [-0.39, 0.29) is 23.5 Å². The first kappa shape index (κ1) is 13.7. The molecule has 0 fully saturated rings. The van der Waals surface area contributed by atoms with Crippen molar-refractivity contribution in [3.8, 4) is 11.3 Å². The number of nitrogen functional groups attached to an aromatic ring is 1. The molecule has 2 aromatic rings. The second-order valence-electron chi connectivity index (χ2n) is 4.13. The Morgan fingerprint density at radius 1 is 1.35 bits per heavy atom. The van der Waals surface area contributed by atoms with Gasteiger partial charge < -0.3 is 11.5 Å². The first-order valence-corrected chi connectivity index (χ1v) is 5.92. The number of carbonyl (C=O) groups is 1. The van der Waals surface area contributed by atoms with Crippen LogP contribution in [0.2, 0.25) is 0 Å². The fourth-order valence-corrected chi connectivity index (χ4v) is 1.86. The molecule has 0 unspecified atom stereocenters. The second kappa shape index (κ2) is 5.12. The highest BCUT2D eigenvalue weighted by molar-refractivity contribution is 6.03. The fraction of sp³-hybridized carbons (Fsp3) is 0.154. The van der Waals surface area contributed by atoms with E-state index in [1.54, 1.807) is 6.92 Å². The van der Waals surface area contributed by atoms with E-state index in [4.69, 9.17) is 11.5 Å². The third-order valence-corrected chi connectivity index (χ3v) is 2.86. The number of hydrogen-bond acceptors (Lipinski definition) is 4. The molecule has 0 atom stereocenters. The third kappa shape index (κ3) is 2.25. The van der Waals surface area contributed by atoms with Gasteiger partial charge in [0.15, 0.2) is 0 Å². The molecule has 0 aliphatic rings. The summed E-state index contributed by atoms with van der Waals surface area (Å²) in [5.74, 6) is -1.28. The van der Waals surface area contributed by atoms with Gasteiger partial charge in [-0.15, -0.1) is 0 Å². The molecule has 1 aromatic heterocycles. The minimum Gasteiger partial charge on any atom is -0.393 e. The van der Waals surface area contributed by atoms with Gasteiger partial charge in [0.25, 0.3) is 11.5 Å². The number of aryl methyl sites for hydroxylation is 1. The van der Waals surface area contributed by atoms with Crippen LogP contribution in [0.1, 0.15) is 17.3 Å². The summed E-state index contributed by atoms with van der Waals surface area (Å²) in [5, 5.41) is 4.07. The van der Waals surface area contributed by atoms with E-state index < -0.39 is 17.3 Å². The Labute approximate surface area is 113 Å². The molecule has 0 saturated carbocycles. The van der Waals surface area contributed by atoms with Crippen molar-refractivity contribution in [3.05, 3.63) is 46.0 Å². The lowest BCUT2D eigenvalue weighted by Crippen LogP contribution is -2.30. The van der Waals surface area contributed by atoms with E-state index in [1.807, 2.05) is 0 Å². The first-order valence-electron chi connectivity index (χ1n) is 5.92. The lowest BCUT2D eigenvalue weighted by Gasteiger charge is -2.11. The summed E-state index contributed by atoms with van der Waals surface area (Å²) in [6.45, 7) is 2.00. The van der Waals surface area contributed by atoms with E-state index in [0.717, 1.165) is 4.68 Å². The normalized spacial score (nSPS) is 10.5. The molecule has 0 aliphatic heterocycles. The number of benzene rings is 1. The Hall–Kier alpha value is -2.70. The van der Waals surface area contributed by atoms with E-state index >= 15 is 0 Å². The van der Waals surface area contributed by atoms with Gasteiger partial charge in [-0.25, -0.2) is 9.07 Å². The number of nitrogens with two attached hydrogens (primary N) is 2. The molecule has 6 nitrogen and oxygen atoms in total. The summed E-state index contributed by atoms with van der Waals surface area (Å²) in [4.78, 5) is 23.4. The summed E-state index contributed by atoms with van der Waals surface area (Å²) >= 11 is 0. The zero-order chi connectivity index (χ0) is 14.9. The maximum Gasteiger partial charge on any atom is 0.290 e. The molecule has 7 heteroatoms. The predicted octanol–water partition coefficient (Wildman–Crippen LogP) is 0.750. The SMILES string of the molecule is CCn1nc(-c2ccc(F)cc2)c(C(N)=O)c(N)c1=O. The number of nitrogens with zero attached hydrogens (tertiary/aromatic N) is 2. The zero-order valence-corrected chi connectivity index (χ0v) is 10.8. The summed E-state index contributed by atoms with van der Waals surface area (Å²) < 4.78 is 14.1. The molecule has 0 aliphatic carbocycles. The molecular formula is C13H13FN4O2. The van der Waals surface area contributed by atoms with Crippen molar-refractivity contribution < 1.29 is 9.18 Å². The van der Waals surface area contributed by atoms with E-state index in [9.17, 15) is 14.0 Å². The molecule has 104 valence electrons. The number of carbonyl (C=O) groups excluding carboxylic acids is 1. The number of amides is 1. The van der Waals surface area contributed by atoms with Crippen molar-refractivity contribution >= 4 is 11.6 Å². The third-order valence-electron chi connectivity index (χ3n) is 2.86. The Kier molecular flexibility index (Phi) is 3.51. The molecule has 1 aromatic carbocycles. The van der Waals surface area contributed by atoms with Gasteiger partial charge in [0.05, 0.1) is 5.56 Å². The van der Waals surface area contributed by atoms with E-state index in [0.29, 0.717) is 5.56 Å². The van der Waals surface area contributed by atoms with Gasteiger partial charge >= 0.3 is 0 Å². The second-order valence-corrected chi connectivity index (χ2v) is 4.13. The lowest BCUT2D eigenvalue weighted by molar-refractivity contribution is 0.100. The minimum absolute atomic E-state index is 0.147. The Balaban J connectivity index is 2.80. The summed E-state index contributed by atoms with van der Waals surface area (Å²) in [6.07, 6.45) is 0. The van der Waals surface area contributed by atoms with Crippen LogP contribution in [0.5, 0.6) is 0 Å². The van der Waals surface area contributed by atoms with Crippen molar-refractivity contribution in [1.82, 2.24) is 9.78 Å². The number of anilines is 1.